The molecule has 176 valence electrons. The topological polar surface area (TPSA) is 101 Å². The fraction of sp³-hybridized carbons (Fsp3) is 0.522. The van der Waals surface area contributed by atoms with E-state index in [9.17, 15) is 9.59 Å². The number of urea groups is 1. The Morgan fingerprint density at radius 1 is 1.00 bits per heavy atom. The molecular formula is C23H29ClN6O3. The molecule has 0 radical (unpaired) electrons. The zero-order valence-corrected chi connectivity index (χ0v) is 19.3. The van der Waals surface area contributed by atoms with Gasteiger partial charge in [0.25, 0.3) is 5.91 Å². The van der Waals surface area contributed by atoms with Gasteiger partial charge >= 0.3 is 6.03 Å². The first-order chi connectivity index (χ1) is 16.1. The fourth-order valence-corrected chi connectivity index (χ4v) is 4.45. The highest BCUT2D eigenvalue weighted by Crippen LogP contribution is 2.26. The molecule has 2 fully saturated rings. The summed E-state index contributed by atoms with van der Waals surface area (Å²) in [5.41, 5.74) is 0.356. The Balaban J connectivity index is 1.25. The van der Waals surface area contributed by atoms with E-state index < -0.39 is 0 Å². The fourth-order valence-electron chi connectivity index (χ4n) is 4.30. The Hall–Kier alpha value is -2.94. The van der Waals surface area contributed by atoms with E-state index in [2.05, 4.69) is 20.3 Å². The number of aromatic nitrogens is 3. The van der Waals surface area contributed by atoms with Crippen molar-refractivity contribution in [3.05, 3.63) is 41.6 Å². The molecule has 4 rings (SSSR count). The number of piperazine rings is 1. The molecule has 2 aromatic rings. The van der Waals surface area contributed by atoms with Crippen molar-refractivity contribution in [2.24, 2.45) is 5.92 Å². The van der Waals surface area contributed by atoms with Gasteiger partial charge in [-0.2, -0.15) is 0 Å². The summed E-state index contributed by atoms with van der Waals surface area (Å²) in [5, 5.41) is 2.79. The maximum Gasteiger partial charge on any atom is 0.323 e. The van der Waals surface area contributed by atoms with Gasteiger partial charge in [0.15, 0.2) is 11.0 Å². The maximum absolute atomic E-state index is 12.9. The summed E-state index contributed by atoms with van der Waals surface area (Å²) < 4.78 is 5.91. The first-order valence-corrected chi connectivity index (χ1v) is 11.9. The molecule has 3 heterocycles. The summed E-state index contributed by atoms with van der Waals surface area (Å²) >= 11 is 5.95. The average molecular weight is 473 g/mol. The van der Waals surface area contributed by atoms with E-state index in [0.29, 0.717) is 44.2 Å². The first-order valence-electron chi connectivity index (χ1n) is 11.5. The van der Waals surface area contributed by atoms with Crippen LogP contribution in [0, 0.1) is 5.92 Å². The predicted molar refractivity (Wildman–Crippen MR) is 124 cm³/mol. The van der Waals surface area contributed by atoms with Gasteiger partial charge < -0.3 is 14.5 Å². The van der Waals surface area contributed by atoms with Gasteiger partial charge in [-0.25, -0.2) is 14.8 Å². The smallest absolute Gasteiger partial charge is 0.323 e. The second kappa shape index (κ2) is 11.3. The predicted octanol–water partition coefficient (Wildman–Crippen LogP) is 3.86. The molecule has 1 aliphatic carbocycles. The second-order valence-electron chi connectivity index (χ2n) is 8.42. The number of rotatable bonds is 6. The normalized spacial score (nSPS) is 17.0. The molecule has 0 bridgehead atoms. The van der Waals surface area contributed by atoms with Crippen LogP contribution in [0.25, 0.3) is 0 Å². The highest BCUT2D eigenvalue weighted by atomic mass is 35.5. The van der Waals surface area contributed by atoms with E-state index in [1.54, 1.807) is 28.1 Å². The molecule has 9 nitrogen and oxygen atoms in total. The molecule has 3 amide bonds. The number of amides is 3. The van der Waals surface area contributed by atoms with Crippen molar-refractivity contribution in [2.75, 3.05) is 38.1 Å². The van der Waals surface area contributed by atoms with E-state index in [-0.39, 0.29) is 22.9 Å². The van der Waals surface area contributed by atoms with Crippen LogP contribution < -0.4 is 10.1 Å². The van der Waals surface area contributed by atoms with Crippen LogP contribution in [0.4, 0.5) is 10.6 Å². The monoisotopic (exact) mass is 472 g/mol. The van der Waals surface area contributed by atoms with Crippen LogP contribution in [0.5, 0.6) is 5.75 Å². The van der Waals surface area contributed by atoms with E-state index >= 15 is 0 Å². The van der Waals surface area contributed by atoms with E-state index in [1.165, 1.54) is 44.5 Å². The Morgan fingerprint density at radius 3 is 2.48 bits per heavy atom. The molecule has 0 aromatic carbocycles. The third kappa shape index (κ3) is 6.31. The molecule has 2 aliphatic rings. The molecule has 33 heavy (non-hydrogen) atoms. The lowest BCUT2D eigenvalue weighted by Crippen LogP contribution is -2.51. The van der Waals surface area contributed by atoms with Crippen molar-refractivity contribution in [2.45, 2.75) is 38.5 Å². The molecule has 0 atom stereocenters. The van der Waals surface area contributed by atoms with Crippen molar-refractivity contribution in [1.82, 2.24) is 24.8 Å². The standard InChI is InChI=1S/C23H29ClN6O3/c24-20-21(27-10-9-26-20)28-23(32)30-13-11-29(12-14-30)22(31)19-16-18(6-8-25-19)33-15-7-17-4-2-1-3-5-17/h6,8-10,16-17H,1-5,7,11-15H2,(H,27,28,32). The van der Waals surface area contributed by atoms with Gasteiger partial charge in [0.05, 0.1) is 6.61 Å². The van der Waals surface area contributed by atoms with Crippen LogP contribution in [0.2, 0.25) is 5.15 Å². The second-order valence-corrected chi connectivity index (χ2v) is 8.78. The zero-order chi connectivity index (χ0) is 23.0. The van der Waals surface area contributed by atoms with Gasteiger partial charge in [-0.15, -0.1) is 0 Å². The summed E-state index contributed by atoms with van der Waals surface area (Å²) in [5.74, 6) is 1.47. The Morgan fingerprint density at radius 2 is 1.73 bits per heavy atom. The number of halogens is 1. The van der Waals surface area contributed by atoms with Crippen molar-refractivity contribution < 1.29 is 14.3 Å². The van der Waals surface area contributed by atoms with Crippen molar-refractivity contribution in [1.29, 1.82) is 0 Å². The van der Waals surface area contributed by atoms with Crippen LogP contribution in [0.1, 0.15) is 49.0 Å². The largest absolute Gasteiger partial charge is 0.493 e. The molecule has 1 saturated heterocycles. The van der Waals surface area contributed by atoms with Crippen molar-refractivity contribution in [3.63, 3.8) is 0 Å². The third-order valence-electron chi connectivity index (χ3n) is 6.20. The van der Waals surface area contributed by atoms with Crippen LogP contribution >= 0.6 is 11.6 Å². The SMILES string of the molecule is O=C(Nc1nccnc1Cl)N1CCN(C(=O)c2cc(OCCC3CCCCC3)ccn2)CC1. The first kappa shape index (κ1) is 23.2. The quantitative estimate of drug-likeness (QED) is 0.685. The Kier molecular flexibility index (Phi) is 7.93. The molecule has 1 saturated carbocycles. The van der Waals surface area contributed by atoms with Gasteiger partial charge in [0.2, 0.25) is 0 Å². The number of hydrogen-bond donors (Lipinski definition) is 1. The van der Waals surface area contributed by atoms with Gasteiger partial charge in [0.1, 0.15) is 11.4 Å². The van der Waals surface area contributed by atoms with Gasteiger partial charge in [-0.3, -0.25) is 15.1 Å². The van der Waals surface area contributed by atoms with Gasteiger partial charge in [-0.1, -0.05) is 43.7 Å². The third-order valence-corrected chi connectivity index (χ3v) is 6.48. The number of carbonyl (C=O) groups excluding carboxylic acids is 2. The van der Waals surface area contributed by atoms with Crippen LogP contribution in [0.3, 0.4) is 0 Å². The molecule has 2 aromatic heterocycles. The molecule has 0 unspecified atom stereocenters. The van der Waals surface area contributed by atoms with Crippen LogP contribution in [-0.4, -0.2) is 69.5 Å². The minimum absolute atomic E-state index is 0.131. The van der Waals surface area contributed by atoms with Crippen LogP contribution in [-0.2, 0) is 0 Å². The summed E-state index contributed by atoms with van der Waals surface area (Å²) in [7, 11) is 0. The number of anilines is 1. The molecular weight excluding hydrogens is 444 g/mol. The minimum Gasteiger partial charge on any atom is -0.493 e. The van der Waals surface area contributed by atoms with Gasteiger partial charge in [-0.05, 0) is 18.4 Å². The highest BCUT2D eigenvalue weighted by molar-refractivity contribution is 6.32. The van der Waals surface area contributed by atoms with Crippen molar-refractivity contribution in [3.8, 4) is 5.75 Å². The zero-order valence-electron chi connectivity index (χ0n) is 18.6. The number of ether oxygens (including phenoxy) is 1. The highest BCUT2D eigenvalue weighted by Gasteiger charge is 2.26. The molecule has 0 spiro atoms. The lowest BCUT2D eigenvalue weighted by atomic mass is 9.87. The maximum atomic E-state index is 12.9. The van der Waals surface area contributed by atoms with E-state index in [4.69, 9.17) is 16.3 Å². The molecule has 1 N–H and O–H groups in total. The van der Waals surface area contributed by atoms with E-state index in [0.717, 1.165) is 12.3 Å². The summed E-state index contributed by atoms with van der Waals surface area (Å²) in [4.78, 5) is 40.9. The van der Waals surface area contributed by atoms with Crippen molar-refractivity contribution >= 4 is 29.4 Å². The number of nitrogens with one attached hydrogen (secondary N) is 1. The minimum atomic E-state index is -0.323. The lowest BCUT2D eigenvalue weighted by molar-refractivity contribution is 0.0665. The Bertz CT molecular complexity index is 961. The van der Waals surface area contributed by atoms with Crippen LogP contribution in [0.15, 0.2) is 30.7 Å². The summed E-state index contributed by atoms with van der Waals surface area (Å²) in [6, 6.07) is 3.17. The number of carbonyl (C=O) groups is 2. The molecule has 10 heteroatoms. The lowest BCUT2D eigenvalue weighted by Gasteiger charge is -2.34. The number of pyridine rings is 1. The summed E-state index contributed by atoms with van der Waals surface area (Å²) in [6.07, 6.45) is 12.1. The number of hydrogen-bond acceptors (Lipinski definition) is 6. The number of nitrogens with zero attached hydrogens (tertiary/aromatic N) is 5. The van der Waals surface area contributed by atoms with E-state index in [1.807, 2.05) is 0 Å². The van der Waals surface area contributed by atoms with Gasteiger partial charge in [0, 0.05) is 50.8 Å². The summed E-state index contributed by atoms with van der Waals surface area (Å²) in [6.45, 7) is 2.27. The average Bonchev–Trinajstić information content (AvgIpc) is 2.86. The Labute approximate surface area is 198 Å². The molecule has 1 aliphatic heterocycles.